The van der Waals surface area contributed by atoms with Gasteiger partial charge in [0.2, 0.25) is 0 Å². The minimum absolute atomic E-state index is 0.391. The van der Waals surface area contributed by atoms with Gasteiger partial charge in [-0.2, -0.15) is 0 Å². The molecule has 1 aromatic carbocycles. The highest BCUT2D eigenvalue weighted by Gasteiger charge is 2.22. The van der Waals surface area contributed by atoms with E-state index >= 15 is 0 Å². The highest BCUT2D eigenvalue weighted by atomic mass is 16.5. The molecule has 1 atom stereocenters. The van der Waals surface area contributed by atoms with E-state index < -0.39 is 0 Å². The van der Waals surface area contributed by atoms with Crippen molar-refractivity contribution in [3.63, 3.8) is 0 Å². The first kappa shape index (κ1) is 15.1. The van der Waals surface area contributed by atoms with Gasteiger partial charge in [-0.15, -0.1) is 0 Å². The van der Waals surface area contributed by atoms with Crippen LogP contribution in [0.3, 0.4) is 0 Å². The molecular formula is C19H22N4O. The summed E-state index contributed by atoms with van der Waals surface area (Å²) in [6.07, 6.45) is 4.97. The smallest absolute Gasteiger partial charge is 0.156 e. The number of aryl methyl sites for hydroxylation is 2. The van der Waals surface area contributed by atoms with Crippen molar-refractivity contribution < 1.29 is 4.74 Å². The Morgan fingerprint density at radius 3 is 3.12 bits per heavy atom. The topological polar surface area (TPSA) is 62.8 Å². The predicted octanol–water partition coefficient (Wildman–Crippen LogP) is 3.38. The maximum Gasteiger partial charge on any atom is 0.156 e. The fourth-order valence-electron chi connectivity index (χ4n) is 3.54. The van der Waals surface area contributed by atoms with E-state index in [1.165, 1.54) is 27.7 Å². The zero-order valence-corrected chi connectivity index (χ0v) is 14.1. The second-order valence-electron chi connectivity index (χ2n) is 6.51. The molecule has 2 N–H and O–H groups in total. The number of aromatic amines is 1. The van der Waals surface area contributed by atoms with Crippen LogP contribution in [-0.4, -0.2) is 28.1 Å². The first-order valence-corrected chi connectivity index (χ1v) is 8.40. The quantitative estimate of drug-likeness (QED) is 0.773. The maximum atomic E-state index is 5.11. The molecule has 0 fully saturated rings. The van der Waals surface area contributed by atoms with Crippen molar-refractivity contribution >= 4 is 16.7 Å². The molecule has 0 amide bonds. The zero-order chi connectivity index (χ0) is 16.5. The van der Waals surface area contributed by atoms with Gasteiger partial charge in [0.05, 0.1) is 0 Å². The van der Waals surface area contributed by atoms with Crippen molar-refractivity contribution in [1.82, 2.24) is 15.0 Å². The number of hydrogen-bond acceptors (Lipinski definition) is 4. The predicted molar refractivity (Wildman–Crippen MR) is 95.2 cm³/mol. The standard InChI is InChI=1S/C19H22N4O/c1-12-3-5-16-14(9-12)15-10-13(4-6-17(15)22-16)21-18-7-8-20-19(23-18)11-24-2/h3,5,7-9,13,22H,4,6,10-11H2,1-2H3,(H,20,21,23). The number of hydrogen-bond donors (Lipinski definition) is 2. The van der Waals surface area contributed by atoms with Crippen LogP contribution in [0.25, 0.3) is 10.9 Å². The van der Waals surface area contributed by atoms with E-state index in [2.05, 4.69) is 45.4 Å². The molecular weight excluding hydrogens is 300 g/mol. The van der Waals surface area contributed by atoms with Gasteiger partial charge in [-0.1, -0.05) is 11.6 Å². The van der Waals surface area contributed by atoms with Crippen molar-refractivity contribution in [2.45, 2.75) is 38.8 Å². The van der Waals surface area contributed by atoms with Crippen LogP contribution in [-0.2, 0) is 24.2 Å². The molecule has 5 heteroatoms. The SMILES string of the molecule is COCc1nccc(NC2CCc3[nH]c4ccc(C)cc4c3C2)n1. The minimum atomic E-state index is 0.391. The lowest BCUT2D eigenvalue weighted by atomic mass is 9.91. The van der Waals surface area contributed by atoms with Crippen LogP contribution in [0.5, 0.6) is 0 Å². The van der Waals surface area contributed by atoms with Gasteiger partial charge < -0.3 is 15.0 Å². The van der Waals surface area contributed by atoms with Crippen LogP contribution < -0.4 is 5.32 Å². The molecule has 1 unspecified atom stereocenters. The summed E-state index contributed by atoms with van der Waals surface area (Å²) >= 11 is 0. The lowest BCUT2D eigenvalue weighted by Gasteiger charge is -2.24. The van der Waals surface area contributed by atoms with Crippen LogP contribution in [0.4, 0.5) is 5.82 Å². The number of ether oxygens (including phenoxy) is 1. The van der Waals surface area contributed by atoms with E-state index in [0.29, 0.717) is 18.5 Å². The molecule has 0 aliphatic heterocycles. The third-order valence-electron chi connectivity index (χ3n) is 4.67. The summed E-state index contributed by atoms with van der Waals surface area (Å²) in [4.78, 5) is 12.3. The fraction of sp³-hybridized carbons (Fsp3) is 0.368. The largest absolute Gasteiger partial charge is 0.377 e. The molecule has 0 bridgehead atoms. The second kappa shape index (κ2) is 6.24. The lowest BCUT2D eigenvalue weighted by Crippen LogP contribution is -2.27. The molecule has 0 saturated carbocycles. The Morgan fingerprint density at radius 1 is 1.33 bits per heavy atom. The molecule has 5 nitrogen and oxygen atoms in total. The molecule has 3 aromatic rings. The molecule has 124 valence electrons. The Hall–Kier alpha value is -2.40. The van der Waals surface area contributed by atoms with Crippen molar-refractivity contribution in [1.29, 1.82) is 0 Å². The Kier molecular flexibility index (Phi) is 3.94. The van der Waals surface area contributed by atoms with Gasteiger partial charge in [-0.3, -0.25) is 0 Å². The first-order valence-electron chi connectivity index (χ1n) is 8.40. The number of nitrogens with one attached hydrogen (secondary N) is 2. The molecule has 0 spiro atoms. The van der Waals surface area contributed by atoms with Crippen LogP contribution in [0.1, 0.15) is 29.1 Å². The summed E-state index contributed by atoms with van der Waals surface area (Å²) in [6.45, 7) is 2.58. The molecule has 4 rings (SSSR count). The third-order valence-corrected chi connectivity index (χ3v) is 4.67. The zero-order valence-electron chi connectivity index (χ0n) is 14.1. The van der Waals surface area contributed by atoms with Crippen LogP contribution in [0.2, 0.25) is 0 Å². The fourth-order valence-corrected chi connectivity index (χ4v) is 3.54. The van der Waals surface area contributed by atoms with Crippen molar-refractivity contribution in [3.05, 3.63) is 53.1 Å². The average Bonchev–Trinajstić information content (AvgIpc) is 2.93. The summed E-state index contributed by atoms with van der Waals surface area (Å²) in [5.74, 6) is 1.59. The van der Waals surface area contributed by atoms with Crippen LogP contribution in [0, 0.1) is 6.92 Å². The summed E-state index contributed by atoms with van der Waals surface area (Å²) in [5, 5.41) is 4.93. The van der Waals surface area contributed by atoms with Gasteiger partial charge in [-0.05, 0) is 49.9 Å². The summed E-state index contributed by atoms with van der Waals surface area (Å²) in [5.41, 5.74) is 5.38. The number of anilines is 1. The average molecular weight is 322 g/mol. The minimum Gasteiger partial charge on any atom is -0.377 e. The molecule has 24 heavy (non-hydrogen) atoms. The number of nitrogens with zero attached hydrogens (tertiary/aromatic N) is 2. The summed E-state index contributed by atoms with van der Waals surface area (Å²) in [6, 6.07) is 8.95. The number of benzene rings is 1. The maximum absolute atomic E-state index is 5.11. The van der Waals surface area contributed by atoms with Gasteiger partial charge >= 0.3 is 0 Å². The molecule has 1 aliphatic carbocycles. The normalized spacial score (nSPS) is 17.0. The number of H-pyrrole nitrogens is 1. The number of fused-ring (bicyclic) bond motifs is 3. The second-order valence-corrected chi connectivity index (χ2v) is 6.51. The van der Waals surface area contributed by atoms with E-state index in [4.69, 9.17) is 4.74 Å². The Balaban J connectivity index is 1.56. The van der Waals surface area contributed by atoms with Gasteiger partial charge in [0.15, 0.2) is 5.82 Å². The van der Waals surface area contributed by atoms with Crippen molar-refractivity contribution in [2.24, 2.45) is 0 Å². The summed E-state index contributed by atoms with van der Waals surface area (Å²) < 4.78 is 5.11. The number of aromatic nitrogens is 3. The van der Waals surface area contributed by atoms with E-state index in [1.807, 2.05) is 6.07 Å². The van der Waals surface area contributed by atoms with Crippen molar-refractivity contribution in [2.75, 3.05) is 12.4 Å². The Labute approximate surface area is 141 Å². The van der Waals surface area contributed by atoms with Crippen LogP contribution in [0.15, 0.2) is 30.5 Å². The lowest BCUT2D eigenvalue weighted by molar-refractivity contribution is 0.178. The van der Waals surface area contributed by atoms with E-state index in [1.54, 1.807) is 13.3 Å². The highest BCUT2D eigenvalue weighted by molar-refractivity contribution is 5.85. The Morgan fingerprint density at radius 2 is 2.25 bits per heavy atom. The third kappa shape index (κ3) is 2.87. The highest BCUT2D eigenvalue weighted by Crippen LogP contribution is 2.30. The monoisotopic (exact) mass is 322 g/mol. The Bertz CT molecular complexity index is 871. The number of rotatable bonds is 4. The van der Waals surface area contributed by atoms with E-state index in [0.717, 1.165) is 25.1 Å². The van der Waals surface area contributed by atoms with Gasteiger partial charge in [0.25, 0.3) is 0 Å². The van der Waals surface area contributed by atoms with Gasteiger partial charge in [0.1, 0.15) is 12.4 Å². The number of methoxy groups -OCH3 is 1. The summed E-state index contributed by atoms with van der Waals surface area (Å²) in [7, 11) is 1.66. The molecule has 2 aromatic heterocycles. The molecule has 0 saturated heterocycles. The first-order chi connectivity index (χ1) is 11.7. The molecule has 1 aliphatic rings. The molecule has 2 heterocycles. The van der Waals surface area contributed by atoms with Crippen LogP contribution >= 0.6 is 0 Å². The van der Waals surface area contributed by atoms with E-state index in [-0.39, 0.29) is 0 Å². The van der Waals surface area contributed by atoms with E-state index in [9.17, 15) is 0 Å². The van der Waals surface area contributed by atoms with Gasteiger partial charge in [0, 0.05) is 35.9 Å². The molecule has 0 radical (unpaired) electrons. The van der Waals surface area contributed by atoms with Gasteiger partial charge in [-0.25, -0.2) is 9.97 Å². The van der Waals surface area contributed by atoms with Crippen molar-refractivity contribution in [3.8, 4) is 0 Å².